The molecule has 2 aromatic carbocycles. The molecule has 1 unspecified atom stereocenters. The van der Waals surface area contributed by atoms with Crippen LogP contribution in [0.5, 0.6) is 11.5 Å². The Kier molecular flexibility index (Phi) is 3.36. The molecule has 122 valence electrons. The molecule has 0 saturated heterocycles. The van der Waals surface area contributed by atoms with Gasteiger partial charge in [-0.05, 0) is 17.7 Å². The van der Waals surface area contributed by atoms with Crippen molar-refractivity contribution in [3.8, 4) is 11.5 Å². The van der Waals surface area contributed by atoms with Crippen LogP contribution in [0.2, 0.25) is 0 Å². The summed E-state index contributed by atoms with van der Waals surface area (Å²) in [5.41, 5.74) is -3.37. The van der Waals surface area contributed by atoms with Crippen molar-refractivity contribution in [1.82, 2.24) is 0 Å². The van der Waals surface area contributed by atoms with Gasteiger partial charge >= 0.3 is 5.97 Å². The molecule has 1 heterocycles. The Balaban J connectivity index is 2.31. The number of benzene rings is 2. The maximum Gasteiger partial charge on any atom is 0.363 e. The summed E-state index contributed by atoms with van der Waals surface area (Å²) < 4.78 is 10.1. The highest BCUT2D eigenvalue weighted by Gasteiger charge is 2.70. The number of methoxy groups -OCH3 is 1. The van der Waals surface area contributed by atoms with Gasteiger partial charge in [0.25, 0.3) is 0 Å². The molecular weight excluding hydrogens is 304 g/mol. The first-order valence-corrected chi connectivity index (χ1v) is 6.79. The first-order valence-electron chi connectivity index (χ1n) is 6.79. The normalized spacial score (nSPS) is 24.4. The lowest BCUT2D eigenvalue weighted by Gasteiger charge is -2.49. The summed E-state index contributed by atoms with van der Waals surface area (Å²) >= 11 is 0. The molecular formula is C16H16O7. The molecule has 1 aliphatic heterocycles. The molecule has 0 amide bonds. The quantitative estimate of drug-likeness (QED) is 0.484. The average Bonchev–Trinajstić information content (AvgIpc) is 2.53. The van der Waals surface area contributed by atoms with Gasteiger partial charge in [0.15, 0.2) is 11.5 Å². The highest BCUT2D eigenvalue weighted by atomic mass is 16.8. The third kappa shape index (κ3) is 1.95. The Bertz CT molecular complexity index is 726. The van der Waals surface area contributed by atoms with Crippen LogP contribution >= 0.6 is 0 Å². The van der Waals surface area contributed by atoms with Crippen LogP contribution in [-0.4, -0.2) is 38.6 Å². The lowest BCUT2D eigenvalue weighted by atomic mass is 9.77. The second kappa shape index (κ2) is 4.92. The first-order chi connectivity index (χ1) is 10.8. The third-order valence-electron chi connectivity index (χ3n) is 3.99. The molecule has 7 heteroatoms. The van der Waals surface area contributed by atoms with Crippen molar-refractivity contribution in [2.45, 2.75) is 17.4 Å². The topological polar surface area (TPSA) is 120 Å². The Morgan fingerprint density at radius 1 is 0.870 bits per heavy atom. The van der Waals surface area contributed by atoms with E-state index in [9.17, 15) is 25.5 Å². The van der Waals surface area contributed by atoms with Gasteiger partial charge < -0.3 is 35.0 Å². The van der Waals surface area contributed by atoms with E-state index in [4.69, 9.17) is 9.47 Å². The number of hydrogen-bond donors (Lipinski definition) is 5. The van der Waals surface area contributed by atoms with Gasteiger partial charge in [-0.25, -0.2) is 0 Å². The summed E-state index contributed by atoms with van der Waals surface area (Å²) in [5.74, 6) is -6.61. The van der Waals surface area contributed by atoms with E-state index >= 15 is 0 Å². The van der Waals surface area contributed by atoms with Crippen LogP contribution in [0.4, 0.5) is 0 Å². The van der Waals surface area contributed by atoms with Gasteiger partial charge in [0.05, 0.1) is 12.7 Å². The molecule has 23 heavy (non-hydrogen) atoms. The number of aliphatic hydroxyl groups is 5. The Labute approximate surface area is 131 Å². The third-order valence-corrected chi connectivity index (χ3v) is 3.99. The van der Waals surface area contributed by atoms with Gasteiger partial charge in [-0.15, -0.1) is 0 Å². The molecule has 0 aromatic heterocycles. The van der Waals surface area contributed by atoms with E-state index in [1.54, 1.807) is 6.07 Å². The van der Waals surface area contributed by atoms with Crippen molar-refractivity contribution in [1.29, 1.82) is 0 Å². The molecule has 1 atom stereocenters. The second-order valence-electron chi connectivity index (χ2n) is 5.30. The molecule has 1 aliphatic rings. The van der Waals surface area contributed by atoms with Crippen LogP contribution < -0.4 is 9.47 Å². The molecule has 0 fully saturated rings. The monoisotopic (exact) mass is 320 g/mol. The second-order valence-corrected chi connectivity index (χ2v) is 5.30. The zero-order chi connectivity index (χ0) is 16.9. The van der Waals surface area contributed by atoms with Gasteiger partial charge in [-0.2, -0.15) is 0 Å². The number of fused-ring (bicyclic) bond motifs is 1. The van der Waals surface area contributed by atoms with Crippen LogP contribution in [0.15, 0.2) is 48.5 Å². The maximum atomic E-state index is 10.8. The fourth-order valence-electron chi connectivity index (χ4n) is 2.76. The van der Waals surface area contributed by atoms with Crippen LogP contribution in [-0.2, 0) is 11.4 Å². The minimum atomic E-state index is -3.32. The van der Waals surface area contributed by atoms with Crippen LogP contribution in [0, 0.1) is 0 Å². The Hall–Kier alpha value is -2.16. The molecule has 0 spiro atoms. The van der Waals surface area contributed by atoms with Gasteiger partial charge in [-0.3, -0.25) is 0 Å². The van der Waals surface area contributed by atoms with E-state index in [2.05, 4.69) is 0 Å². The van der Waals surface area contributed by atoms with E-state index < -0.39 is 17.4 Å². The first kappa shape index (κ1) is 15.7. The Morgan fingerprint density at radius 2 is 1.52 bits per heavy atom. The average molecular weight is 320 g/mol. The predicted molar refractivity (Wildman–Crippen MR) is 77.2 cm³/mol. The SMILES string of the molecule is COc1cccc2c1OC(O)(O)C(O)(c1ccccc1)C2(O)O. The van der Waals surface area contributed by atoms with Crippen LogP contribution in [0.1, 0.15) is 11.1 Å². The zero-order valence-electron chi connectivity index (χ0n) is 12.2. The lowest BCUT2D eigenvalue weighted by Crippen LogP contribution is -2.69. The molecule has 0 saturated carbocycles. The summed E-state index contributed by atoms with van der Waals surface area (Å²) in [6.45, 7) is 0. The smallest absolute Gasteiger partial charge is 0.363 e. The number of rotatable bonds is 2. The molecule has 3 rings (SSSR count). The number of ether oxygens (including phenoxy) is 2. The largest absolute Gasteiger partial charge is 0.493 e. The summed E-state index contributed by atoms with van der Waals surface area (Å²) in [6, 6.07) is 11.4. The minimum absolute atomic E-state index is 0.0533. The molecule has 0 bridgehead atoms. The summed E-state index contributed by atoms with van der Waals surface area (Å²) in [6.07, 6.45) is 0. The molecule has 0 aliphatic carbocycles. The lowest BCUT2D eigenvalue weighted by molar-refractivity contribution is -0.462. The van der Waals surface area contributed by atoms with Crippen molar-refractivity contribution >= 4 is 0 Å². The fourth-order valence-corrected chi connectivity index (χ4v) is 2.76. The highest BCUT2D eigenvalue weighted by molar-refractivity contribution is 5.53. The standard InChI is InChI=1S/C16H16O7/c1-22-12-9-5-8-11-13(12)23-16(20,21)14(17,15(11,18)19)10-6-3-2-4-7-10/h2-9,17-21H,1H3. The van der Waals surface area contributed by atoms with Crippen molar-refractivity contribution in [2.75, 3.05) is 7.11 Å². The predicted octanol–water partition coefficient (Wildman–Crippen LogP) is -0.249. The number of para-hydroxylation sites is 1. The van der Waals surface area contributed by atoms with E-state index in [1.807, 2.05) is 0 Å². The van der Waals surface area contributed by atoms with E-state index in [0.717, 1.165) is 0 Å². The summed E-state index contributed by atoms with van der Waals surface area (Å²) in [7, 11) is 1.31. The zero-order valence-corrected chi connectivity index (χ0v) is 12.2. The molecule has 0 radical (unpaired) electrons. The van der Waals surface area contributed by atoms with Gasteiger partial charge in [0, 0.05) is 0 Å². The summed E-state index contributed by atoms with van der Waals surface area (Å²) in [4.78, 5) is 0. The molecule has 7 nitrogen and oxygen atoms in total. The minimum Gasteiger partial charge on any atom is -0.493 e. The van der Waals surface area contributed by atoms with E-state index in [-0.39, 0.29) is 22.6 Å². The van der Waals surface area contributed by atoms with Gasteiger partial charge in [0.2, 0.25) is 11.4 Å². The van der Waals surface area contributed by atoms with Crippen LogP contribution in [0.25, 0.3) is 0 Å². The van der Waals surface area contributed by atoms with Crippen molar-refractivity contribution < 1.29 is 35.0 Å². The van der Waals surface area contributed by atoms with Crippen molar-refractivity contribution in [2.24, 2.45) is 0 Å². The summed E-state index contributed by atoms with van der Waals surface area (Å²) in [5, 5.41) is 52.6. The van der Waals surface area contributed by atoms with Crippen molar-refractivity contribution in [3.63, 3.8) is 0 Å². The van der Waals surface area contributed by atoms with Crippen LogP contribution in [0.3, 0.4) is 0 Å². The fraction of sp³-hybridized carbons (Fsp3) is 0.250. The van der Waals surface area contributed by atoms with E-state index in [1.165, 1.54) is 49.6 Å². The van der Waals surface area contributed by atoms with Gasteiger partial charge in [-0.1, -0.05) is 36.4 Å². The van der Waals surface area contributed by atoms with E-state index in [0.29, 0.717) is 0 Å². The molecule has 5 N–H and O–H groups in total. The number of hydrogen-bond acceptors (Lipinski definition) is 7. The maximum absolute atomic E-state index is 10.8. The van der Waals surface area contributed by atoms with Crippen molar-refractivity contribution in [3.05, 3.63) is 59.7 Å². The molecule has 2 aromatic rings. The Morgan fingerprint density at radius 3 is 2.13 bits per heavy atom. The van der Waals surface area contributed by atoms with Gasteiger partial charge in [0.1, 0.15) is 0 Å². The highest BCUT2D eigenvalue weighted by Crippen LogP contribution is 2.54.